The molecule has 2 aromatic carbocycles. The summed E-state index contributed by atoms with van der Waals surface area (Å²) < 4.78 is 13.8. The molecule has 8 bridgehead atoms. The van der Waals surface area contributed by atoms with E-state index >= 15 is 0 Å². The number of aryl methyl sites for hydroxylation is 1. The Hall–Kier alpha value is -3.52. The quantitative estimate of drug-likeness (QED) is 0.123. The van der Waals surface area contributed by atoms with E-state index in [9.17, 15) is 15.0 Å². The highest BCUT2D eigenvalue weighted by molar-refractivity contribution is 8.76. The molecule has 1 aliphatic carbocycles. The minimum absolute atomic E-state index is 0.0681. The molecule has 6 N–H and O–H groups in total. The van der Waals surface area contributed by atoms with Gasteiger partial charge in [-0.25, -0.2) is 0 Å². The van der Waals surface area contributed by atoms with Crippen LogP contribution < -0.4 is 25.4 Å². The van der Waals surface area contributed by atoms with Gasteiger partial charge in [0.15, 0.2) is 11.5 Å². The number of nitrogens with zero attached hydrogens (tertiary/aromatic N) is 1. The highest BCUT2D eigenvalue weighted by Crippen LogP contribution is 2.49. The number of unbranched alkanes of at least 4 members (excludes halogenated alkanes) is 2. The molecule has 8 aliphatic rings. The van der Waals surface area contributed by atoms with Gasteiger partial charge in [0, 0.05) is 60.6 Å². The molecule has 1 fully saturated rings. The second-order valence-corrected chi connectivity index (χ2v) is 19.3. The van der Waals surface area contributed by atoms with Crippen molar-refractivity contribution in [2.75, 3.05) is 18.8 Å². The molecule has 7 unspecified atom stereocenters. The molecule has 2 aromatic rings. The van der Waals surface area contributed by atoms with Crippen molar-refractivity contribution in [1.82, 2.24) is 5.32 Å². The third-order valence-electron chi connectivity index (χ3n) is 13.2. The van der Waals surface area contributed by atoms with Gasteiger partial charge in [-0.15, -0.1) is 0 Å². The second kappa shape index (κ2) is 16.6. The molecule has 1 saturated carbocycles. The van der Waals surface area contributed by atoms with Gasteiger partial charge in [-0.05, 0) is 65.1 Å². The highest BCUT2D eigenvalue weighted by atomic mass is 33.1. The van der Waals surface area contributed by atoms with Gasteiger partial charge < -0.3 is 25.4 Å². The van der Waals surface area contributed by atoms with Crippen LogP contribution in [-0.4, -0.2) is 53.4 Å². The maximum atomic E-state index is 13.3. The lowest BCUT2D eigenvalue weighted by molar-refractivity contribution is -0.891. The standard InChI is InChI=1S/C46H52N4O5S2/c1-2-3-4-7-31(51)21-32(52)10-8-28-9-15-41-43-37(28)27-57-56-26-30-23-49-44(47)34-12-11-33-35(42(30)34)20-29-22-48-39-25-50(24-36(29)39)45(55-43)38(13-14-40(33)53)46(18-19-54-41)16-5-6-17-46/h9,11-12,15,22,25,30-31,38,40,44-45,49,51,53H,2-8,10,16-17,20-21,23-24,26-27,47H2,1H3/p+1. The summed E-state index contributed by atoms with van der Waals surface area (Å²) in [5.74, 6) is 13.2. The van der Waals surface area contributed by atoms with Crippen LogP contribution in [0.25, 0.3) is 0 Å². The van der Waals surface area contributed by atoms with Crippen LogP contribution >= 0.6 is 21.6 Å². The normalized spacial score (nSPS) is 28.0. The van der Waals surface area contributed by atoms with Crippen molar-refractivity contribution in [1.29, 1.82) is 0 Å². The predicted octanol–water partition coefficient (Wildman–Crippen LogP) is 5.71. The molecule has 0 radical (unpaired) electrons. The van der Waals surface area contributed by atoms with Crippen molar-refractivity contribution in [3.63, 3.8) is 0 Å². The van der Waals surface area contributed by atoms with Crippen molar-refractivity contribution in [2.45, 2.75) is 120 Å². The Kier molecular flexibility index (Phi) is 11.4. The van der Waals surface area contributed by atoms with E-state index in [0.29, 0.717) is 49.5 Å². The maximum Gasteiger partial charge on any atom is 0.252 e. The molecule has 7 heterocycles. The first-order valence-electron chi connectivity index (χ1n) is 20.9. The van der Waals surface area contributed by atoms with Crippen LogP contribution in [0.4, 0.5) is 0 Å². The van der Waals surface area contributed by atoms with Gasteiger partial charge in [0.1, 0.15) is 42.4 Å². The topological polar surface area (TPSA) is 131 Å². The number of hydrogen-bond acceptors (Lipinski definition) is 10. The van der Waals surface area contributed by atoms with E-state index in [1.165, 1.54) is 11.1 Å². The Balaban J connectivity index is 1.19. The lowest BCUT2D eigenvalue weighted by Gasteiger charge is -2.37. The highest BCUT2D eigenvalue weighted by Gasteiger charge is 2.51. The third kappa shape index (κ3) is 7.62. The molecule has 0 aromatic heterocycles. The summed E-state index contributed by atoms with van der Waals surface area (Å²) in [6, 6.07) is 8.13. The zero-order valence-electron chi connectivity index (χ0n) is 32.7. The lowest BCUT2D eigenvalue weighted by Crippen LogP contribution is -3.12. The van der Waals surface area contributed by atoms with Crippen LogP contribution in [-0.2, 0) is 23.4 Å². The number of ketones is 1. The first-order chi connectivity index (χ1) is 27.8. The summed E-state index contributed by atoms with van der Waals surface area (Å²) in [5.41, 5.74) is 15.9. The van der Waals surface area contributed by atoms with Gasteiger partial charge in [-0.1, -0.05) is 96.6 Å². The fourth-order valence-corrected chi connectivity index (χ4v) is 12.5. The first-order valence-corrected chi connectivity index (χ1v) is 23.4. The average Bonchev–Trinajstić information content (AvgIpc) is 3.95. The molecule has 0 saturated heterocycles. The second-order valence-electron chi connectivity index (χ2n) is 16.8. The summed E-state index contributed by atoms with van der Waals surface area (Å²) in [7, 11) is 3.60. The monoisotopic (exact) mass is 805 g/mol. The largest absolute Gasteiger partial charge is 0.437 e. The molecule has 0 amide bonds. The molecule has 57 heavy (non-hydrogen) atoms. The first kappa shape index (κ1) is 39.0. The van der Waals surface area contributed by atoms with Crippen LogP contribution in [0.5, 0.6) is 11.5 Å². The number of carbonyl (C=O) groups is 1. The SMILES string of the molecule is CCCCCC(O)CC(=O)CCc1ccc2c3c1CSSCC1CNC(N)c4ccc5c(c41)CC1=C4C[NH+](C=C4N=C1)C(O3)C(C#CC5O)C1(C#CO2)CCCC1. The van der Waals surface area contributed by atoms with E-state index in [2.05, 4.69) is 54.4 Å². The van der Waals surface area contributed by atoms with Crippen molar-refractivity contribution in [2.24, 2.45) is 22.1 Å². The summed E-state index contributed by atoms with van der Waals surface area (Å²) in [6.45, 7) is 3.56. The molecule has 11 heteroatoms. The lowest BCUT2D eigenvalue weighted by atomic mass is 9.73. The molecule has 298 valence electrons. The minimum Gasteiger partial charge on any atom is -0.437 e. The van der Waals surface area contributed by atoms with Crippen molar-refractivity contribution in [3.8, 4) is 35.4 Å². The Labute approximate surface area is 344 Å². The van der Waals surface area contributed by atoms with Crippen molar-refractivity contribution < 1.29 is 29.4 Å². The van der Waals surface area contributed by atoms with Crippen LogP contribution in [0.1, 0.15) is 123 Å². The molecular formula is C46H53N4O5S2+. The molecule has 7 atom stereocenters. The number of allylic oxidation sites excluding steroid dienone is 1. The minimum atomic E-state index is -1.02. The number of ether oxygens (including phenoxy) is 2. The Bertz CT molecular complexity index is 2150. The number of Topliss-reactive ketones (excluding diaryl/α,β-unsaturated/α-hetero) is 1. The van der Waals surface area contributed by atoms with Crippen LogP contribution in [0, 0.1) is 35.2 Å². The van der Waals surface area contributed by atoms with Gasteiger partial charge in [-0.3, -0.25) is 20.0 Å². The number of nitrogens with two attached hydrogens (primary N) is 1. The zero-order chi connectivity index (χ0) is 39.1. The number of quaternary nitrogens is 1. The smallest absolute Gasteiger partial charge is 0.252 e. The van der Waals surface area contributed by atoms with E-state index in [-0.39, 0.29) is 30.2 Å². The third-order valence-corrected chi connectivity index (χ3v) is 15.5. The van der Waals surface area contributed by atoms with Crippen molar-refractivity contribution >= 4 is 33.6 Å². The number of benzene rings is 2. The number of nitrogens with one attached hydrogen (secondary N) is 2. The molecule has 9 nitrogen and oxygen atoms in total. The van der Waals surface area contributed by atoms with Crippen molar-refractivity contribution in [3.05, 3.63) is 80.7 Å². The summed E-state index contributed by atoms with van der Waals surface area (Å²) in [6.07, 6.45) is 14.2. The number of aliphatic hydroxyl groups is 2. The average molecular weight is 806 g/mol. The summed E-state index contributed by atoms with van der Waals surface area (Å²) in [5, 5.41) is 26.3. The van der Waals surface area contributed by atoms with Crippen LogP contribution in [0.3, 0.4) is 0 Å². The van der Waals surface area contributed by atoms with E-state index in [1.807, 2.05) is 29.1 Å². The summed E-state index contributed by atoms with van der Waals surface area (Å²) >= 11 is 0. The zero-order valence-corrected chi connectivity index (χ0v) is 34.3. The van der Waals surface area contributed by atoms with Gasteiger partial charge in [0.05, 0.1) is 17.7 Å². The van der Waals surface area contributed by atoms with Gasteiger partial charge in [0.25, 0.3) is 6.23 Å². The van der Waals surface area contributed by atoms with Gasteiger partial charge >= 0.3 is 0 Å². The van der Waals surface area contributed by atoms with E-state index in [1.54, 1.807) is 10.8 Å². The van der Waals surface area contributed by atoms with E-state index in [0.717, 1.165) is 101 Å². The number of carbonyl (C=O) groups excluding carboxylic acids is 1. The van der Waals surface area contributed by atoms with Gasteiger partial charge in [-0.2, -0.15) is 0 Å². The number of aliphatic imine (C=N–C) groups is 1. The number of rotatable bonds is 9. The molecular weight excluding hydrogens is 753 g/mol. The van der Waals surface area contributed by atoms with E-state index < -0.39 is 23.9 Å². The Morgan fingerprint density at radius 1 is 1.14 bits per heavy atom. The molecule has 1 spiro atoms. The fraction of sp³-hybridized carbons (Fsp3) is 0.522. The number of hydrogen-bond donors (Lipinski definition) is 5. The van der Waals surface area contributed by atoms with Crippen LogP contribution in [0.15, 0.2) is 52.3 Å². The Morgan fingerprint density at radius 2 is 2.00 bits per heavy atom. The summed E-state index contributed by atoms with van der Waals surface area (Å²) in [4.78, 5) is 19.4. The predicted molar refractivity (Wildman–Crippen MR) is 225 cm³/mol. The molecule has 7 aliphatic heterocycles. The maximum absolute atomic E-state index is 13.3. The Morgan fingerprint density at radius 3 is 2.86 bits per heavy atom. The van der Waals surface area contributed by atoms with Crippen LogP contribution in [0.2, 0.25) is 0 Å². The molecule has 10 rings (SSSR count). The van der Waals surface area contributed by atoms with E-state index in [4.69, 9.17) is 20.2 Å². The number of aliphatic hydroxyl groups excluding tert-OH is 2. The van der Waals surface area contributed by atoms with Gasteiger partial charge in [0.2, 0.25) is 0 Å². The number of fused-ring (bicyclic) bond motifs is 4. The fourth-order valence-electron chi connectivity index (χ4n) is 10.1.